The van der Waals surface area contributed by atoms with E-state index in [-0.39, 0.29) is 28.7 Å². The topological polar surface area (TPSA) is 82.5 Å². The molecule has 0 radical (unpaired) electrons. The number of ketones is 2. The SMILES string of the molecule is [C-]#[N+]C1=CC2(C)C3=CC(=O)C(C#N)=CC3(C#CC(=C)O)CCC2C(C)(C)C1=O. The van der Waals surface area contributed by atoms with Crippen molar-refractivity contribution in [2.75, 3.05) is 0 Å². The number of fused-ring (bicyclic) bond motifs is 3. The van der Waals surface area contributed by atoms with Gasteiger partial charge in [0.25, 0.3) is 0 Å². The zero-order valence-electron chi connectivity index (χ0n) is 16.1. The van der Waals surface area contributed by atoms with Crippen LogP contribution in [0.25, 0.3) is 4.85 Å². The normalized spacial score (nSPS) is 32.8. The van der Waals surface area contributed by atoms with E-state index in [0.717, 1.165) is 0 Å². The van der Waals surface area contributed by atoms with Gasteiger partial charge < -0.3 is 9.90 Å². The van der Waals surface area contributed by atoms with E-state index in [1.807, 2.05) is 26.8 Å². The molecule has 0 spiro atoms. The molecule has 0 saturated heterocycles. The van der Waals surface area contributed by atoms with Crippen LogP contribution in [0, 0.1) is 51.9 Å². The molecule has 3 unspecified atom stereocenters. The first-order valence-corrected chi connectivity index (χ1v) is 8.98. The Kier molecular flexibility index (Phi) is 4.21. The van der Waals surface area contributed by atoms with Gasteiger partial charge in [-0.25, -0.2) is 4.85 Å². The van der Waals surface area contributed by atoms with Gasteiger partial charge in [0.2, 0.25) is 5.70 Å². The summed E-state index contributed by atoms with van der Waals surface area (Å²) in [6.07, 6.45) is 5.77. The van der Waals surface area contributed by atoms with E-state index >= 15 is 0 Å². The van der Waals surface area contributed by atoms with E-state index in [1.54, 1.807) is 12.2 Å². The molecule has 3 rings (SSSR count). The van der Waals surface area contributed by atoms with Gasteiger partial charge in [-0.15, -0.1) is 0 Å². The molecule has 1 saturated carbocycles. The molecule has 0 aromatic heterocycles. The molecule has 0 amide bonds. The summed E-state index contributed by atoms with van der Waals surface area (Å²) in [5.41, 5.74) is -1.74. The van der Waals surface area contributed by atoms with Crippen molar-refractivity contribution in [3.05, 3.63) is 58.8 Å². The highest BCUT2D eigenvalue weighted by atomic mass is 16.3. The number of carbonyl (C=O) groups is 2. The monoisotopic (exact) mass is 372 g/mol. The van der Waals surface area contributed by atoms with Crippen molar-refractivity contribution in [2.45, 2.75) is 33.6 Å². The molecule has 0 aromatic carbocycles. The lowest BCUT2D eigenvalue weighted by Gasteiger charge is -2.56. The molecule has 0 aliphatic heterocycles. The summed E-state index contributed by atoms with van der Waals surface area (Å²) < 4.78 is 0. The van der Waals surface area contributed by atoms with Gasteiger partial charge in [-0.3, -0.25) is 4.79 Å². The van der Waals surface area contributed by atoms with Crippen LogP contribution in [0.1, 0.15) is 33.6 Å². The Morgan fingerprint density at radius 3 is 2.61 bits per heavy atom. The highest BCUT2D eigenvalue weighted by molar-refractivity contribution is 6.09. The van der Waals surface area contributed by atoms with Crippen LogP contribution in [0.3, 0.4) is 0 Å². The summed E-state index contributed by atoms with van der Waals surface area (Å²) in [5.74, 6) is 4.57. The van der Waals surface area contributed by atoms with Crippen molar-refractivity contribution in [2.24, 2.45) is 22.2 Å². The molecule has 0 bridgehead atoms. The second kappa shape index (κ2) is 6.08. The van der Waals surface area contributed by atoms with Gasteiger partial charge in [-0.05, 0) is 49.0 Å². The van der Waals surface area contributed by atoms with Crippen LogP contribution >= 0.6 is 0 Å². The Morgan fingerprint density at radius 1 is 1.36 bits per heavy atom. The van der Waals surface area contributed by atoms with Gasteiger partial charge in [-0.2, -0.15) is 5.26 Å². The molecule has 0 aromatic rings. The van der Waals surface area contributed by atoms with Crippen molar-refractivity contribution in [1.29, 1.82) is 5.26 Å². The summed E-state index contributed by atoms with van der Waals surface area (Å²) in [4.78, 5) is 28.8. The smallest absolute Gasteiger partial charge is 0.226 e. The van der Waals surface area contributed by atoms with E-state index in [4.69, 9.17) is 6.57 Å². The molecule has 5 heteroatoms. The van der Waals surface area contributed by atoms with Gasteiger partial charge in [-0.1, -0.05) is 32.8 Å². The largest absolute Gasteiger partial charge is 0.501 e. The first-order valence-electron chi connectivity index (χ1n) is 8.98. The lowest BCUT2D eigenvalue weighted by atomic mass is 9.46. The Labute approximate surface area is 164 Å². The molecule has 3 aliphatic rings. The maximum atomic E-state index is 12.8. The van der Waals surface area contributed by atoms with Gasteiger partial charge in [0.1, 0.15) is 6.07 Å². The molecule has 0 heterocycles. The zero-order valence-corrected chi connectivity index (χ0v) is 16.1. The number of hydrogen-bond donors (Lipinski definition) is 1. The minimum Gasteiger partial charge on any atom is -0.501 e. The molecule has 140 valence electrons. The van der Waals surface area contributed by atoms with E-state index < -0.39 is 22.0 Å². The Hall–Kier alpha value is -3.36. The number of carbonyl (C=O) groups excluding carboxylic acids is 2. The summed E-state index contributed by atoms with van der Waals surface area (Å²) in [6, 6.07) is 1.92. The van der Waals surface area contributed by atoms with Gasteiger partial charge in [0.05, 0.1) is 17.6 Å². The molecule has 3 atom stereocenters. The molecular weight excluding hydrogens is 352 g/mol. The maximum absolute atomic E-state index is 12.8. The number of hydrogen-bond acceptors (Lipinski definition) is 4. The number of allylic oxidation sites excluding steroid dienone is 7. The first-order chi connectivity index (χ1) is 13.0. The lowest BCUT2D eigenvalue weighted by Crippen LogP contribution is -2.53. The van der Waals surface area contributed by atoms with E-state index in [9.17, 15) is 20.0 Å². The zero-order chi connectivity index (χ0) is 20.9. The fraction of sp³-hybridized carbons (Fsp3) is 0.391. The summed E-state index contributed by atoms with van der Waals surface area (Å²) in [5, 5.41) is 18.9. The Bertz CT molecular complexity index is 1060. The quantitative estimate of drug-likeness (QED) is 0.398. The highest BCUT2D eigenvalue weighted by Crippen LogP contribution is 2.63. The highest BCUT2D eigenvalue weighted by Gasteiger charge is 2.59. The molecule has 28 heavy (non-hydrogen) atoms. The number of Topliss-reactive ketones (excluding diaryl/α,β-unsaturated/α-hetero) is 1. The van der Waals surface area contributed by atoms with Crippen molar-refractivity contribution in [3.63, 3.8) is 0 Å². The average Bonchev–Trinajstić information content (AvgIpc) is 2.63. The molecule has 1 fully saturated rings. The summed E-state index contributed by atoms with van der Waals surface area (Å²) in [7, 11) is 0. The minimum absolute atomic E-state index is 0.00387. The second-order valence-electron chi connectivity index (χ2n) is 8.33. The van der Waals surface area contributed by atoms with E-state index in [0.29, 0.717) is 18.4 Å². The molecule has 3 aliphatic carbocycles. The van der Waals surface area contributed by atoms with Crippen LogP contribution in [0.5, 0.6) is 0 Å². The van der Waals surface area contributed by atoms with Crippen molar-refractivity contribution in [3.8, 4) is 17.9 Å². The number of nitriles is 1. The first kappa shape index (κ1) is 19.4. The van der Waals surface area contributed by atoms with E-state index in [2.05, 4.69) is 23.3 Å². The van der Waals surface area contributed by atoms with Crippen LogP contribution in [0.4, 0.5) is 0 Å². The predicted molar refractivity (Wildman–Crippen MR) is 103 cm³/mol. The number of rotatable bonds is 0. The third kappa shape index (κ3) is 2.54. The fourth-order valence-corrected chi connectivity index (χ4v) is 5.08. The standard InChI is InChI=1S/C23H20N2O3/c1-14(26)6-8-23-9-7-18-21(2,3)20(28)16(25-5)12-22(18,4)19(23)10-17(27)15(11-23)13-24/h10-12,18,26H,1,7,9H2,2-4H3. The third-order valence-corrected chi connectivity index (χ3v) is 6.34. The number of aliphatic hydroxyl groups excluding tert-OH is 1. The van der Waals surface area contributed by atoms with Gasteiger partial charge in [0.15, 0.2) is 17.3 Å². The van der Waals surface area contributed by atoms with Gasteiger partial charge in [0, 0.05) is 10.8 Å². The maximum Gasteiger partial charge on any atom is 0.226 e. The minimum atomic E-state index is -0.935. The van der Waals surface area contributed by atoms with Crippen LogP contribution in [-0.4, -0.2) is 16.7 Å². The van der Waals surface area contributed by atoms with Crippen molar-refractivity contribution in [1.82, 2.24) is 0 Å². The van der Waals surface area contributed by atoms with Crippen LogP contribution in [0.15, 0.2) is 47.4 Å². The van der Waals surface area contributed by atoms with E-state index in [1.165, 1.54) is 6.08 Å². The fourth-order valence-electron chi connectivity index (χ4n) is 5.08. The average molecular weight is 372 g/mol. The van der Waals surface area contributed by atoms with Crippen LogP contribution in [0.2, 0.25) is 0 Å². The Morgan fingerprint density at radius 2 is 2.04 bits per heavy atom. The van der Waals surface area contributed by atoms with Crippen LogP contribution < -0.4 is 0 Å². The molecule has 1 N–H and O–H groups in total. The Balaban J connectivity index is 2.33. The third-order valence-electron chi connectivity index (χ3n) is 6.34. The molecular formula is C23H20N2O3. The van der Waals surface area contributed by atoms with Crippen LogP contribution in [-0.2, 0) is 9.59 Å². The van der Waals surface area contributed by atoms with Crippen molar-refractivity contribution < 1.29 is 14.7 Å². The molecule has 5 nitrogen and oxygen atoms in total. The number of aliphatic hydroxyl groups is 1. The number of nitrogens with zero attached hydrogens (tertiary/aromatic N) is 2. The summed E-state index contributed by atoms with van der Waals surface area (Å²) >= 11 is 0. The van der Waals surface area contributed by atoms with Crippen molar-refractivity contribution >= 4 is 11.6 Å². The lowest BCUT2D eigenvalue weighted by molar-refractivity contribution is -0.130. The predicted octanol–water partition coefficient (Wildman–Crippen LogP) is 3.84. The van der Waals surface area contributed by atoms with Gasteiger partial charge >= 0.3 is 0 Å². The summed E-state index contributed by atoms with van der Waals surface area (Å²) in [6.45, 7) is 16.4. The second-order valence-corrected chi connectivity index (χ2v) is 8.33.